The molecular weight excluding hydrogens is 320 g/mol. The van der Waals surface area contributed by atoms with Crippen molar-refractivity contribution in [1.29, 1.82) is 0 Å². The highest BCUT2D eigenvalue weighted by Crippen LogP contribution is 2.22. The van der Waals surface area contributed by atoms with Crippen molar-refractivity contribution >= 4 is 23.2 Å². The molecule has 2 N–H and O–H groups in total. The zero-order valence-electron chi connectivity index (χ0n) is 13.7. The second-order valence-electron chi connectivity index (χ2n) is 6.19. The number of nitrogens with zero attached hydrogens (tertiary/aromatic N) is 2. The summed E-state index contributed by atoms with van der Waals surface area (Å²) in [4.78, 5) is 44.1. The first-order valence-corrected chi connectivity index (χ1v) is 6.97. The predicted molar refractivity (Wildman–Crippen MR) is 84.6 cm³/mol. The van der Waals surface area contributed by atoms with Crippen molar-refractivity contribution in [2.45, 2.75) is 39.3 Å². The monoisotopic (exact) mass is 338 g/mol. The molecule has 0 fully saturated rings. The Morgan fingerprint density at radius 1 is 1.04 bits per heavy atom. The van der Waals surface area contributed by atoms with Gasteiger partial charge in [0.25, 0.3) is 17.3 Å². The lowest BCUT2D eigenvalue weighted by molar-refractivity contribution is -0.394. The van der Waals surface area contributed by atoms with Crippen molar-refractivity contribution in [2.24, 2.45) is 0 Å². The predicted octanol–water partition coefficient (Wildman–Crippen LogP) is 1.54. The van der Waals surface area contributed by atoms with Gasteiger partial charge in [0, 0.05) is 17.7 Å². The molecule has 0 saturated carbocycles. The Labute approximate surface area is 137 Å². The lowest BCUT2D eigenvalue weighted by Gasteiger charge is -2.23. The zero-order valence-corrected chi connectivity index (χ0v) is 13.7. The largest absolute Gasteiger partial charge is 0.350 e. The second-order valence-corrected chi connectivity index (χ2v) is 6.19. The normalized spacial score (nSPS) is 12.2. The SMILES string of the molecule is C[C@H](NC(=O)c1cc([N+](=O)[O-])cc([N+](=O)[O-])c1)C(=O)NC(C)(C)C. The van der Waals surface area contributed by atoms with Crippen LogP contribution in [0.25, 0.3) is 0 Å². The van der Waals surface area contributed by atoms with Crippen LogP contribution in [0.3, 0.4) is 0 Å². The fraction of sp³-hybridized carbons (Fsp3) is 0.429. The first kappa shape index (κ1) is 19.0. The number of nitro groups is 2. The molecule has 1 rings (SSSR count). The fourth-order valence-electron chi connectivity index (χ4n) is 1.76. The third-order valence-corrected chi connectivity index (χ3v) is 2.83. The van der Waals surface area contributed by atoms with E-state index in [0.717, 1.165) is 18.2 Å². The summed E-state index contributed by atoms with van der Waals surface area (Å²) in [7, 11) is 0. The first-order valence-electron chi connectivity index (χ1n) is 6.97. The van der Waals surface area contributed by atoms with Gasteiger partial charge in [0.2, 0.25) is 5.91 Å². The molecule has 0 unspecified atom stereocenters. The summed E-state index contributed by atoms with van der Waals surface area (Å²) >= 11 is 0. The number of non-ortho nitro benzene ring substituents is 2. The molecule has 0 radical (unpaired) electrons. The van der Waals surface area contributed by atoms with Gasteiger partial charge in [-0.3, -0.25) is 29.8 Å². The van der Waals surface area contributed by atoms with Gasteiger partial charge < -0.3 is 10.6 Å². The molecule has 130 valence electrons. The van der Waals surface area contributed by atoms with Gasteiger partial charge in [-0.15, -0.1) is 0 Å². The highest BCUT2D eigenvalue weighted by Gasteiger charge is 2.24. The van der Waals surface area contributed by atoms with Gasteiger partial charge >= 0.3 is 0 Å². The molecule has 0 aliphatic heterocycles. The summed E-state index contributed by atoms with van der Waals surface area (Å²) in [6.07, 6.45) is 0. The Balaban J connectivity index is 3.00. The van der Waals surface area contributed by atoms with E-state index in [-0.39, 0.29) is 5.56 Å². The van der Waals surface area contributed by atoms with Crippen LogP contribution in [0.4, 0.5) is 11.4 Å². The van der Waals surface area contributed by atoms with E-state index in [4.69, 9.17) is 0 Å². The maximum atomic E-state index is 12.1. The molecule has 0 aliphatic rings. The Morgan fingerprint density at radius 2 is 1.50 bits per heavy atom. The second kappa shape index (κ2) is 7.02. The van der Waals surface area contributed by atoms with Crippen LogP contribution in [-0.4, -0.2) is 33.2 Å². The molecule has 10 nitrogen and oxygen atoms in total. The highest BCUT2D eigenvalue weighted by atomic mass is 16.6. The Kier molecular flexibility index (Phi) is 5.56. The van der Waals surface area contributed by atoms with Gasteiger partial charge in [-0.1, -0.05) is 0 Å². The van der Waals surface area contributed by atoms with Crippen LogP contribution >= 0.6 is 0 Å². The van der Waals surface area contributed by atoms with Crippen LogP contribution in [0.15, 0.2) is 18.2 Å². The number of nitrogens with one attached hydrogen (secondary N) is 2. The summed E-state index contributed by atoms with van der Waals surface area (Å²) in [5, 5.41) is 26.7. The third kappa shape index (κ3) is 5.30. The minimum atomic E-state index is -0.921. The number of benzene rings is 1. The number of hydrogen-bond donors (Lipinski definition) is 2. The quantitative estimate of drug-likeness (QED) is 0.615. The molecule has 0 heterocycles. The summed E-state index contributed by atoms with van der Waals surface area (Å²) in [5.74, 6) is -1.27. The van der Waals surface area contributed by atoms with E-state index in [1.165, 1.54) is 6.92 Å². The third-order valence-electron chi connectivity index (χ3n) is 2.83. The number of hydrogen-bond acceptors (Lipinski definition) is 6. The van der Waals surface area contributed by atoms with E-state index in [2.05, 4.69) is 10.6 Å². The lowest BCUT2D eigenvalue weighted by atomic mass is 10.1. The Bertz CT molecular complexity index is 663. The molecule has 0 aliphatic carbocycles. The minimum absolute atomic E-state index is 0.272. The summed E-state index contributed by atoms with van der Waals surface area (Å²) in [6, 6.07) is 1.66. The van der Waals surface area contributed by atoms with Gasteiger partial charge in [-0.25, -0.2) is 0 Å². The van der Waals surface area contributed by atoms with E-state index in [9.17, 15) is 29.8 Å². The standard InChI is InChI=1S/C14H18N4O6/c1-8(12(19)16-14(2,3)4)15-13(20)9-5-10(17(21)22)7-11(6-9)18(23)24/h5-8H,1-4H3,(H,15,20)(H,16,19)/t8-/m0/s1. The van der Waals surface area contributed by atoms with Crippen LogP contribution < -0.4 is 10.6 Å². The number of nitro benzene ring substituents is 2. The maximum absolute atomic E-state index is 12.1. The van der Waals surface area contributed by atoms with Crippen molar-refractivity contribution < 1.29 is 19.4 Å². The Morgan fingerprint density at radius 3 is 1.88 bits per heavy atom. The maximum Gasteiger partial charge on any atom is 0.277 e. The van der Waals surface area contributed by atoms with Gasteiger partial charge in [0.1, 0.15) is 6.04 Å². The minimum Gasteiger partial charge on any atom is -0.350 e. The smallest absolute Gasteiger partial charge is 0.277 e. The molecule has 2 amide bonds. The topological polar surface area (TPSA) is 144 Å². The van der Waals surface area contributed by atoms with E-state index in [1.54, 1.807) is 20.8 Å². The molecule has 0 aromatic heterocycles. The van der Waals surface area contributed by atoms with Crippen LogP contribution in [0.5, 0.6) is 0 Å². The van der Waals surface area contributed by atoms with Gasteiger partial charge in [0.05, 0.1) is 21.5 Å². The Hall–Kier alpha value is -3.04. The summed E-state index contributed by atoms with van der Waals surface area (Å²) in [5.41, 5.74) is -1.94. The lowest BCUT2D eigenvalue weighted by Crippen LogP contribution is -2.50. The van der Waals surface area contributed by atoms with Crippen LogP contribution in [-0.2, 0) is 4.79 Å². The molecule has 1 aromatic rings. The molecule has 10 heteroatoms. The molecule has 0 saturated heterocycles. The average molecular weight is 338 g/mol. The average Bonchev–Trinajstić information content (AvgIpc) is 2.44. The van der Waals surface area contributed by atoms with E-state index in [1.807, 2.05) is 0 Å². The number of amides is 2. The van der Waals surface area contributed by atoms with Crippen LogP contribution in [0, 0.1) is 20.2 Å². The van der Waals surface area contributed by atoms with Crippen LogP contribution in [0.2, 0.25) is 0 Å². The molecule has 1 atom stereocenters. The number of carbonyl (C=O) groups excluding carboxylic acids is 2. The van der Waals surface area contributed by atoms with Gasteiger partial charge in [-0.05, 0) is 27.7 Å². The van der Waals surface area contributed by atoms with E-state index < -0.39 is 44.6 Å². The number of rotatable bonds is 5. The fourth-order valence-corrected chi connectivity index (χ4v) is 1.76. The molecular formula is C14H18N4O6. The van der Waals surface area contributed by atoms with Crippen molar-refractivity contribution in [3.63, 3.8) is 0 Å². The van der Waals surface area contributed by atoms with Gasteiger partial charge in [0.15, 0.2) is 0 Å². The first-order chi connectivity index (χ1) is 10.9. The molecule has 1 aromatic carbocycles. The number of carbonyl (C=O) groups is 2. The van der Waals surface area contributed by atoms with Crippen molar-refractivity contribution in [3.8, 4) is 0 Å². The van der Waals surface area contributed by atoms with Crippen molar-refractivity contribution in [3.05, 3.63) is 44.0 Å². The van der Waals surface area contributed by atoms with Crippen molar-refractivity contribution in [1.82, 2.24) is 10.6 Å². The van der Waals surface area contributed by atoms with Crippen molar-refractivity contribution in [2.75, 3.05) is 0 Å². The van der Waals surface area contributed by atoms with Crippen LogP contribution in [0.1, 0.15) is 38.1 Å². The molecule has 0 spiro atoms. The highest BCUT2D eigenvalue weighted by molar-refractivity contribution is 5.98. The summed E-state index contributed by atoms with van der Waals surface area (Å²) < 4.78 is 0. The van der Waals surface area contributed by atoms with E-state index >= 15 is 0 Å². The van der Waals surface area contributed by atoms with E-state index in [0.29, 0.717) is 0 Å². The summed E-state index contributed by atoms with van der Waals surface area (Å²) in [6.45, 7) is 6.74. The molecule has 24 heavy (non-hydrogen) atoms. The molecule has 0 bridgehead atoms. The van der Waals surface area contributed by atoms with Gasteiger partial charge in [-0.2, -0.15) is 0 Å². The zero-order chi connectivity index (χ0) is 18.7.